The van der Waals surface area contributed by atoms with Crippen LogP contribution in [0.4, 0.5) is 30.2 Å². The first kappa shape index (κ1) is 41.9. The number of ether oxygens (including phenoxy) is 3. The van der Waals surface area contributed by atoms with Gasteiger partial charge in [-0.2, -0.15) is 30.0 Å². The van der Waals surface area contributed by atoms with Gasteiger partial charge in [0.1, 0.15) is 0 Å². The first-order valence-electron chi connectivity index (χ1n) is 17.5. The van der Waals surface area contributed by atoms with Gasteiger partial charge in [0.25, 0.3) is 0 Å². The Morgan fingerprint density at radius 3 is 1.10 bits per heavy atom. The molecular weight excluding hydrogens is 815 g/mol. The fraction of sp³-hybridized carbons (Fsp3) is 0.143. The third-order valence-electron chi connectivity index (χ3n) is 9.34. The van der Waals surface area contributed by atoms with Crippen LogP contribution in [0.2, 0.25) is 0 Å². The second-order valence-corrected chi connectivity index (χ2v) is 20.0. The molecule has 6 aromatic rings. The summed E-state index contributed by atoms with van der Waals surface area (Å²) in [5, 5.41) is 3.38. The van der Waals surface area contributed by atoms with E-state index < -0.39 is 38.8 Å². The van der Waals surface area contributed by atoms with Gasteiger partial charge >= 0.3 is 301 Å². The standard InChI is InChI=1S/C42H39F3NO9PS2/c1-51-34-17-23-39(24-18-34)56(40-25-19-35(52-2)20-26-40,41-27-21-36(53-3)22-28-41)29-30-5-7-31(8-6-30)46(32-9-13-37(14-10-32)54-57(4,47)48)33-11-15-38(16-12-33)55-58(49,50)42(43,44)45/h5-28,56H,29H2,1-4H3. The molecule has 304 valence electrons. The molecule has 16 heteroatoms. The number of hydrogen-bond donors (Lipinski definition) is 0. The number of alkyl halides is 3. The minimum absolute atomic E-state index is 0.0690. The summed E-state index contributed by atoms with van der Waals surface area (Å²) in [4.78, 5) is 1.76. The minimum atomic E-state index is -5.89. The Kier molecular flexibility index (Phi) is 12.3. The maximum atomic E-state index is 13.0. The van der Waals surface area contributed by atoms with Crippen LogP contribution in [-0.2, 0) is 26.4 Å². The Labute approximate surface area is 335 Å². The molecular formula is C42H39F3NO9PS2. The van der Waals surface area contributed by atoms with Gasteiger partial charge < -0.3 is 0 Å². The zero-order valence-electron chi connectivity index (χ0n) is 31.6. The molecule has 6 rings (SSSR count). The molecule has 0 fully saturated rings. The van der Waals surface area contributed by atoms with Crippen LogP contribution in [0.5, 0.6) is 28.7 Å². The summed E-state index contributed by atoms with van der Waals surface area (Å²) >= 11 is 0. The van der Waals surface area contributed by atoms with Crippen molar-refractivity contribution in [3.63, 3.8) is 0 Å². The summed E-state index contributed by atoms with van der Waals surface area (Å²) < 4.78 is 112. The molecule has 58 heavy (non-hydrogen) atoms. The number of benzene rings is 6. The molecule has 6 aromatic carbocycles. The Morgan fingerprint density at radius 1 is 0.483 bits per heavy atom. The molecule has 0 atom stereocenters. The van der Waals surface area contributed by atoms with E-state index in [1.807, 2.05) is 60.7 Å². The quantitative estimate of drug-likeness (QED) is 0.0572. The van der Waals surface area contributed by atoms with Crippen LogP contribution in [0.3, 0.4) is 0 Å². The Morgan fingerprint density at radius 2 is 0.793 bits per heavy atom. The van der Waals surface area contributed by atoms with Crippen molar-refractivity contribution in [2.75, 3.05) is 32.5 Å². The third-order valence-corrected chi connectivity index (χ3v) is 15.7. The molecule has 0 unspecified atom stereocenters. The molecule has 0 spiro atoms. The fourth-order valence-corrected chi connectivity index (χ4v) is 12.2. The van der Waals surface area contributed by atoms with Crippen LogP contribution < -0.4 is 43.4 Å². The fourth-order valence-electron chi connectivity index (χ4n) is 6.60. The zero-order chi connectivity index (χ0) is 41.7. The van der Waals surface area contributed by atoms with Crippen LogP contribution in [-0.4, -0.2) is 49.9 Å². The average molecular weight is 854 g/mol. The first-order valence-corrected chi connectivity index (χ1v) is 22.9. The van der Waals surface area contributed by atoms with Gasteiger partial charge in [-0.1, -0.05) is 0 Å². The van der Waals surface area contributed by atoms with E-state index in [1.165, 1.54) is 24.3 Å². The SMILES string of the molecule is COc1ccc([PH](Cc2ccc(N(c3ccc(OS(C)(=O)=O)cc3)c3ccc(OS(=O)(=O)C(F)(F)F)cc3)cc2)(c2ccc(OC)cc2)c2ccc(OC)cc2)cc1. The van der Waals surface area contributed by atoms with Gasteiger partial charge in [0.05, 0.1) is 6.26 Å². The van der Waals surface area contributed by atoms with E-state index in [0.29, 0.717) is 23.2 Å². The van der Waals surface area contributed by atoms with E-state index in [4.69, 9.17) is 18.4 Å². The van der Waals surface area contributed by atoms with E-state index in [0.717, 1.165) is 57.1 Å². The summed E-state index contributed by atoms with van der Waals surface area (Å²) in [6, 6.07) is 43.3. The monoisotopic (exact) mass is 853 g/mol. The molecule has 0 aromatic heterocycles. The van der Waals surface area contributed by atoms with E-state index in [9.17, 15) is 30.0 Å². The summed E-state index contributed by atoms with van der Waals surface area (Å²) in [6.07, 6.45) is 1.54. The van der Waals surface area contributed by atoms with Gasteiger partial charge in [0.2, 0.25) is 0 Å². The second kappa shape index (κ2) is 17.0. The molecule has 0 N–H and O–H groups in total. The van der Waals surface area contributed by atoms with Crippen molar-refractivity contribution < 1.29 is 52.6 Å². The van der Waals surface area contributed by atoms with Crippen molar-refractivity contribution in [1.29, 1.82) is 0 Å². The number of hydrogen-bond acceptors (Lipinski definition) is 10. The van der Waals surface area contributed by atoms with E-state index >= 15 is 0 Å². The van der Waals surface area contributed by atoms with Gasteiger partial charge in [0.15, 0.2) is 0 Å². The molecule has 0 saturated carbocycles. The van der Waals surface area contributed by atoms with Crippen LogP contribution in [0.1, 0.15) is 5.56 Å². The van der Waals surface area contributed by atoms with Gasteiger partial charge in [-0.05, 0) is 0 Å². The Balaban J connectivity index is 1.45. The average Bonchev–Trinajstić information content (AvgIpc) is 3.21. The molecule has 0 heterocycles. The Bertz CT molecular complexity index is 2420. The molecule has 0 saturated heterocycles. The van der Waals surface area contributed by atoms with Crippen molar-refractivity contribution >= 4 is 60.5 Å². The number of rotatable bonds is 15. The van der Waals surface area contributed by atoms with Gasteiger partial charge in [-0.15, -0.1) is 0 Å². The molecule has 0 aliphatic heterocycles. The number of nitrogens with zero attached hydrogens (tertiary/aromatic N) is 1. The van der Waals surface area contributed by atoms with Crippen LogP contribution in [0, 0.1) is 0 Å². The number of methoxy groups -OCH3 is 3. The molecule has 0 aliphatic carbocycles. The normalized spacial score (nSPS) is 12.3. The van der Waals surface area contributed by atoms with Gasteiger partial charge in [-0.3, -0.25) is 0 Å². The second-order valence-electron chi connectivity index (χ2n) is 13.0. The van der Waals surface area contributed by atoms with Crippen LogP contribution in [0.25, 0.3) is 0 Å². The summed E-state index contributed by atoms with van der Waals surface area (Å²) in [7, 11) is -7.73. The first-order chi connectivity index (χ1) is 27.5. The molecule has 0 bridgehead atoms. The predicted molar refractivity (Wildman–Crippen MR) is 222 cm³/mol. The van der Waals surface area contributed by atoms with Crippen molar-refractivity contribution in [3.05, 3.63) is 151 Å². The van der Waals surface area contributed by atoms with Crippen molar-refractivity contribution in [2.24, 2.45) is 0 Å². The van der Waals surface area contributed by atoms with Crippen LogP contribution >= 0.6 is 7.26 Å². The van der Waals surface area contributed by atoms with Crippen molar-refractivity contribution in [2.45, 2.75) is 11.7 Å². The van der Waals surface area contributed by atoms with Gasteiger partial charge in [0, 0.05) is 0 Å². The van der Waals surface area contributed by atoms with E-state index in [2.05, 4.69) is 40.6 Å². The molecule has 10 nitrogen and oxygen atoms in total. The summed E-state index contributed by atoms with van der Waals surface area (Å²) in [5.41, 5.74) is -3.02. The predicted octanol–water partition coefficient (Wildman–Crippen LogP) is 7.98. The zero-order valence-corrected chi connectivity index (χ0v) is 34.3. The van der Waals surface area contributed by atoms with Crippen molar-refractivity contribution in [1.82, 2.24) is 0 Å². The Hall–Kier alpha value is -5.76. The molecule has 0 radical (unpaired) electrons. The van der Waals surface area contributed by atoms with Crippen molar-refractivity contribution in [3.8, 4) is 28.7 Å². The van der Waals surface area contributed by atoms with Crippen LogP contribution in [0.15, 0.2) is 146 Å². The van der Waals surface area contributed by atoms with E-state index in [-0.39, 0.29) is 5.75 Å². The topological polar surface area (TPSA) is 118 Å². The summed E-state index contributed by atoms with van der Waals surface area (Å²) in [5.74, 6) is 1.69. The maximum absolute atomic E-state index is 13.0. The third kappa shape index (κ3) is 9.33. The molecule has 0 amide bonds. The van der Waals surface area contributed by atoms with Gasteiger partial charge in [-0.25, -0.2) is 0 Å². The van der Waals surface area contributed by atoms with E-state index in [1.54, 1.807) is 38.4 Å². The number of anilines is 3. The summed E-state index contributed by atoms with van der Waals surface area (Å²) in [6.45, 7) is 0. The number of halogens is 3. The molecule has 0 aliphatic rings.